The number of nitro groups is 1. The van der Waals surface area contributed by atoms with Gasteiger partial charge in [0.05, 0.1) is 20.7 Å². The van der Waals surface area contributed by atoms with Gasteiger partial charge in [-0.25, -0.2) is 13.6 Å². The first-order valence-electron chi connectivity index (χ1n) is 6.36. The van der Waals surface area contributed by atoms with Gasteiger partial charge in [0.15, 0.2) is 0 Å². The first-order chi connectivity index (χ1) is 10.7. The van der Waals surface area contributed by atoms with Crippen molar-refractivity contribution in [2.24, 2.45) is 5.14 Å². The van der Waals surface area contributed by atoms with Crippen molar-refractivity contribution in [3.05, 3.63) is 57.0 Å². The van der Waals surface area contributed by atoms with Crippen LogP contribution in [0.5, 0.6) is 0 Å². The molecule has 0 saturated carbocycles. The van der Waals surface area contributed by atoms with Crippen molar-refractivity contribution in [1.29, 1.82) is 0 Å². The molecule has 0 fully saturated rings. The maximum absolute atomic E-state index is 12.1. The van der Waals surface area contributed by atoms with E-state index in [0.29, 0.717) is 5.56 Å². The summed E-state index contributed by atoms with van der Waals surface area (Å²) in [5.74, 6) is -0.439. The van der Waals surface area contributed by atoms with Crippen LogP contribution in [0.15, 0.2) is 41.3 Å². The van der Waals surface area contributed by atoms with Gasteiger partial charge >= 0.3 is 5.00 Å². The van der Waals surface area contributed by atoms with Crippen LogP contribution in [0.25, 0.3) is 0 Å². The molecule has 2 aromatic rings. The number of benzene rings is 1. The number of primary sulfonamides is 1. The molecule has 10 heteroatoms. The maximum Gasteiger partial charge on any atom is 0.324 e. The Morgan fingerprint density at radius 2 is 1.87 bits per heavy atom. The summed E-state index contributed by atoms with van der Waals surface area (Å²) in [6, 6.07) is 8.04. The molecule has 2 rings (SSSR count). The van der Waals surface area contributed by atoms with E-state index in [9.17, 15) is 23.3 Å². The summed E-state index contributed by atoms with van der Waals surface area (Å²) in [7, 11) is -3.77. The molecule has 1 unspecified atom stereocenters. The number of sulfonamides is 1. The van der Waals surface area contributed by atoms with Gasteiger partial charge in [-0.05, 0) is 30.7 Å². The fourth-order valence-electron chi connectivity index (χ4n) is 1.85. The lowest BCUT2D eigenvalue weighted by atomic mass is 10.1. The number of rotatable bonds is 5. The van der Waals surface area contributed by atoms with E-state index in [-0.39, 0.29) is 14.8 Å². The minimum Gasteiger partial charge on any atom is -0.345 e. The van der Waals surface area contributed by atoms with Crippen LogP contribution in [-0.2, 0) is 10.0 Å². The second-order valence-corrected chi connectivity index (χ2v) is 7.33. The Morgan fingerprint density at radius 1 is 1.26 bits per heavy atom. The topological polar surface area (TPSA) is 132 Å². The first-order valence-corrected chi connectivity index (χ1v) is 8.72. The van der Waals surface area contributed by atoms with Crippen molar-refractivity contribution >= 4 is 32.3 Å². The summed E-state index contributed by atoms with van der Waals surface area (Å²) in [5.41, 5.74) is 0.678. The third-order valence-electron chi connectivity index (χ3n) is 3.05. The fraction of sp³-hybridized carbons (Fsp3) is 0.154. The van der Waals surface area contributed by atoms with Crippen LogP contribution in [0.3, 0.4) is 0 Å². The van der Waals surface area contributed by atoms with Crippen molar-refractivity contribution in [3.63, 3.8) is 0 Å². The Bertz CT molecular complexity index is 843. The maximum atomic E-state index is 12.1. The van der Waals surface area contributed by atoms with E-state index in [1.165, 1.54) is 24.3 Å². The summed E-state index contributed by atoms with van der Waals surface area (Å²) in [6.45, 7) is 1.71. The van der Waals surface area contributed by atoms with Crippen molar-refractivity contribution in [1.82, 2.24) is 5.32 Å². The Morgan fingerprint density at radius 3 is 2.35 bits per heavy atom. The number of carbonyl (C=O) groups excluding carboxylic acids is 1. The molecule has 1 aromatic heterocycles. The highest BCUT2D eigenvalue weighted by Crippen LogP contribution is 2.24. The predicted octanol–water partition coefficient (Wildman–Crippen LogP) is 1.79. The highest BCUT2D eigenvalue weighted by molar-refractivity contribution is 7.89. The quantitative estimate of drug-likeness (QED) is 0.623. The highest BCUT2D eigenvalue weighted by Gasteiger charge is 2.17. The fourth-order valence-corrected chi connectivity index (χ4v) is 3.08. The van der Waals surface area contributed by atoms with Crippen LogP contribution in [-0.4, -0.2) is 19.2 Å². The lowest BCUT2D eigenvalue weighted by Gasteiger charge is -2.14. The molecule has 1 aromatic carbocycles. The molecule has 0 saturated heterocycles. The van der Waals surface area contributed by atoms with Crippen LogP contribution >= 0.6 is 11.3 Å². The second-order valence-electron chi connectivity index (χ2n) is 4.70. The molecule has 1 atom stereocenters. The van der Waals surface area contributed by atoms with Crippen LogP contribution in [0, 0.1) is 10.1 Å². The summed E-state index contributed by atoms with van der Waals surface area (Å²) >= 11 is 0.785. The van der Waals surface area contributed by atoms with Crippen molar-refractivity contribution < 1.29 is 18.1 Å². The predicted molar refractivity (Wildman–Crippen MR) is 84.7 cm³/mol. The molecule has 1 heterocycles. The molecular formula is C13H13N3O5S2. The van der Waals surface area contributed by atoms with Crippen LogP contribution in [0.4, 0.5) is 5.00 Å². The zero-order valence-corrected chi connectivity index (χ0v) is 13.6. The number of carbonyl (C=O) groups is 1. The van der Waals surface area contributed by atoms with Gasteiger partial charge in [-0.2, -0.15) is 0 Å². The number of nitrogens with zero attached hydrogens (tertiary/aromatic N) is 1. The largest absolute Gasteiger partial charge is 0.345 e. The van der Waals surface area contributed by atoms with Crippen LogP contribution in [0.2, 0.25) is 0 Å². The highest BCUT2D eigenvalue weighted by atomic mass is 32.2. The van der Waals surface area contributed by atoms with Crippen molar-refractivity contribution in [3.8, 4) is 0 Å². The van der Waals surface area contributed by atoms with Crippen LogP contribution < -0.4 is 10.5 Å². The van der Waals surface area contributed by atoms with Crippen molar-refractivity contribution in [2.75, 3.05) is 0 Å². The van der Waals surface area contributed by atoms with Gasteiger partial charge < -0.3 is 5.32 Å². The molecule has 0 bridgehead atoms. The summed E-state index contributed by atoms with van der Waals surface area (Å²) < 4.78 is 22.4. The third kappa shape index (κ3) is 4.12. The number of thiophene rings is 1. The Kier molecular flexibility index (Phi) is 4.78. The van der Waals surface area contributed by atoms with E-state index in [4.69, 9.17) is 5.14 Å². The molecule has 0 radical (unpaired) electrons. The van der Waals surface area contributed by atoms with Gasteiger partial charge in [-0.1, -0.05) is 23.5 Å². The van der Waals surface area contributed by atoms with E-state index in [1.54, 1.807) is 19.1 Å². The molecule has 122 valence electrons. The van der Waals surface area contributed by atoms with Crippen LogP contribution in [0.1, 0.15) is 28.2 Å². The first kappa shape index (κ1) is 17.1. The van der Waals surface area contributed by atoms with Crippen molar-refractivity contribution in [2.45, 2.75) is 17.9 Å². The molecule has 23 heavy (non-hydrogen) atoms. The average Bonchev–Trinajstić information content (AvgIpc) is 2.96. The van der Waals surface area contributed by atoms with E-state index < -0.39 is 26.9 Å². The van der Waals surface area contributed by atoms with E-state index >= 15 is 0 Å². The Labute approximate surface area is 136 Å². The zero-order valence-electron chi connectivity index (χ0n) is 11.9. The number of amides is 1. The molecule has 0 aliphatic carbocycles. The monoisotopic (exact) mass is 355 g/mol. The van der Waals surface area contributed by atoms with Gasteiger partial charge in [0, 0.05) is 6.07 Å². The summed E-state index contributed by atoms with van der Waals surface area (Å²) in [6.07, 6.45) is 0. The summed E-state index contributed by atoms with van der Waals surface area (Å²) in [4.78, 5) is 22.3. The van der Waals surface area contributed by atoms with Gasteiger partial charge in [0.1, 0.15) is 0 Å². The normalized spacial score (nSPS) is 12.6. The zero-order chi connectivity index (χ0) is 17.2. The van der Waals surface area contributed by atoms with Gasteiger partial charge in [0.25, 0.3) is 5.91 Å². The second kappa shape index (κ2) is 6.44. The molecular weight excluding hydrogens is 342 g/mol. The Balaban J connectivity index is 2.10. The number of hydrogen-bond acceptors (Lipinski definition) is 6. The summed E-state index contributed by atoms with van der Waals surface area (Å²) in [5, 5.41) is 18.2. The molecule has 0 spiro atoms. The minimum absolute atomic E-state index is 0.0198. The van der Waals surface area contributed by atoms with E-state index in [2.05, 4.69) is 5.32 Å². The standard InChI is InChI=1S/C13H13N3O5S2/c1-8(9-2-4-10(5-3-9)23(14,20)21)15-13(17)11-6-7-12(22-11)16(18)19/h2-8H,1H3,(H,15,17)(H2,14,20,21). The molecule has 0 aliphatic heterocycles. The van der Waals surface area contributed by atoms with E-state index in [1.807, 2.05) is 0 Å². The lowest BCUT2D eigenvalue weighted by Crippen LogP contribution is -2.25. The molecule has 8 nitrogen and oxygen atoms in total. The smallest absolute Gasteiger partial charge is 0.324 e. The van der Waals surface area contributed by atoms with Gasteiger partial charge in [-0.3, -0.25) is 14.9 Å². The Hall–Kier alpha value is -2.30. The number of hydrogen-bond donors (Lipinski definition) is 2. The lowest BCUT2D eigenvalue weighted by molar-refractivity contribution is -0.380. The number of nitrogens with one attached hydrogen (secondary N) is 1. The van der Waals surface area contributed by atoms with Gasteiger partial charge in [-0.15, -0.1) is 0 Å². The molecule has 0 aliphatic rings. The average molecular weight is 355 g/mol. The molecule has 3 N–H and O–H groups in total. The molecule has 1 amide bonds. The van der Waals surface area contributed by atoms with E-state index in [0.717, 1.165) is 11.3 Å². The van der Waals surface area contributed by atoms with Gasteiger partial charge in [0.2, 0.25) is 10.0 Å². The number of nitrogens with two attached hydrogens (primary N) is 1. The third-order valence-corrected chi connectivity index (χ3v) is 5.02. The SMILES string of the molecule is CC(NC(=O)c1ccc([N+](=O)[O-])s1)c1ccc(S(N)(=O)=O)cc1. The minimum atomic E-state index is -3.77.